The van der Waals surface area contributed by atoms with Crippen LogP contribution in [-0.4, -0.2) is 19.1 Å². The van der Waals surface area contributed by atoms with Gasteiger partial charge in [0.15, 0.2) is 0 Å². The van der Waals surface area contributed by atoms with Gasteiger partial charge in [0.25, 0.3) is 0 Å². The third-order valence-electron chi connectivity index (χ3n) is 3.07. The highest BCUT2D eigenvalue weighted by molar-refractivity contribution is 9.10. The van der Waals surface area contributed by atoms with Crippen molar-refractivity contribution in [3.8, 4) is 0 Å². The van der Waals surface area contributed by atoms with E-state index in [2.05, 4.69) is 50.8 Å². The number of benzene rings is 1. The molecule has 1 aliphatic heterocycles. The average Bonchev–Trinajstić information content (AvgIpc) is 2.80. The minimum Gasteiger partial charge on any atom is -0.314 e. The molecule has 1 unspecified atom stereocenters. The summed E-state index contributed by atoms with van der Waals surface area (Å²) in [5.74, 6) is 0. The Labute approximate surface area is 106 Å². The molecule has 1 saturated heterocycles. The Morgan fingerprint density at radius 1 is 1.31 bits per heavy atom. The van der Waals surface area contributed by atoms with Crippen molar-refractivity contribution in [3.63, 3.8) is 0 Å². The molecule has 1 fully saturated rings. The van der Waals surface area contributed by atoms with Gasteiger partial charge >= 0.3 is 0 Å². The zero-order valence-corrected chi connectivity index (χ0v) is 11.1. The third kappa shape index (κ3) is 3.89. The van der Waals surface area contributed by atoms with Crippen LogP contribution in [0.15, 0.2) is 28.7 Å². The SMILES string of the molecule is Brc1ccc(CNCCC2CCCN2)cc1. The van der Waals surface area contributed by atoms with Crippen LogP contribution in [0, 0.1) is 0 Å². The van der Waals surface area contributed by atoms with Gasteiger partial charge in [-0.2, -0.15) is 0 Å². The van der Waals surface area contributed by atoms with Crippen LogP contribution in [0.5, 0.6) is 0 Å². The first-order valence-corrected chi connectivity index (χ1v) is 6.82. The number of halogens is 1. The maximum absolute atomic E-state index is 3.52. The van der Waals surface area contributed by atoms with E-state index in [9.17, 15) is 0 Å². The zero-order valence-electron chi connectivity index (χ0n) is 9.51. The van der Waals surface area contributed by atoms with Gasteiger partial charge in [0.1, 0.15) is 0 Å². The van der Waals surface area contributed by atoms with Crippen LogP contribution < -0.4 is 10.6 Å². The monoisotopic (exact) mass is 282 g/mol. The van der Waals surface area contributed by atoms with Crippen LogP contribution in [0.25, 0.3) is 0 Å². The smallest absolute Gasteiger partial charge is 0.0205 e. The molecule has 2 nitrogen and oxygen atoms in total. The molecule has 2 N–H and O–H groups in total. The van der Waals surface area contributed by atoms with Crippen LogP contribution in [0.1, 0.15) is 24.8 Å². The fourth-order valence-electron chi connectivity index (χ4n) is 2.11. The fourth-order valence-corrected chi connectivity index (χ4v) is 2.38. The molecule has 0 saturated carbocycles. The molecular weight excluding hydrogens is 264 g/mol. The lowest BCUT2D eigenvalue weighted by atomic mass is 10.1. The molecule has 16 heavy (non-hydrogen) atoms. The second-order valence-electron chi connectivity index (χ2n) is 4.39. The van der Waals surface area contributed by atoms with Crippen molar-refractivity contribution in [2.45, 2.75) is 31.8 Å². The molecule has 0 spiro atoms. The molecule has 0 amide bonds. The van der Waals surface area contributed by atoms with E-state index in [1.165, 1.54) is 31.4 Å². The molecule has 0 aromatic heterocycles. The first-order chi connectivity index (χ1) is 7.84. The zero-order chi connectivity index (χ0) is 11.2. The van der Waals surface area contributed by atoms with Crippen molar-refractivity contribution in [2.75, 3.05) is 13.1 Å². The van der Waals surface area contributed by atoms with E-state index in [4.69, 9.17) is 0 Å². The largest absolute Gasteiger partial charge is 0.314 e. The minimum atomic E-state index is 0.748. The summed E-state index contributed by atoms with van der Waals surface area (Å²) in [5, 5.41) is 7.01. The van der Waals surface area contributed by atoms with E-state index in [0.717, 1.165) is 23.6 Å². The number of hydrogen-bond donors (Lipinski definition) is 2. The summed E-state index contributed by atoms with van der Waals surface area (Å²) >= 11 is 3.44. The summed E-state index contributed by atoms with van der Waals surface area (Å²) in [6.07, 6.45) is 3.94. The Hall–Kier alpha value is -0.380. The topological polar surface area (TPSA) is 24.1 Å². The maximum Gasteiger partial charge on any atom is 0.0205 e. The predicted octanol–water partition coefficient (Wildman–Crippen LogP) is 2.68. The minimum absolute atomic E-state index is 0.748. The van der Waals surface area contributed by atoms with Crippen molar-refractivity contribution in [3.05, 3.63) is 34.3 Å². The Morgan fingerprint density at radius 2 is 2.12 bits per heavy atom. The molecule has 0 radical (unpaired) electrons. The van der Waals surface area contributed by atoms with E-state index in [1.807, 2.05) is 0 Å². The maximum atomic E-state index is 3.52. The predicted molar refractivity (Wildman–Crippen MR) is 71.5 cm³/mol. The van der Waals surface area contributed by atoms with Crippen LogP contribution >= 0.6 is 15.9 Å². The lowest BCUT2D eigenvalue weighted by Gasteiger charge is -2.10. The van der Waals surface area contributed by atoms with Gasteiger partial charge in [-0.1, -0.05) is 28.1 Å². The van der Waals surface area contributed by atoms with Crippen molar-refractivity contribution < 1.29 is 0 Å². The van der Waals surface area contributed by atoms with Gasteiger partial charge in [-0.05, 0) is 50.0 Å². The second-order valence-corrected chi connectivity index (χ2v) is 5.30. The lowest BCUT2D eigenvalue weighted by Crippen LogP contribution is -2.26. The van der Waals surface area contributed by atoms with Crippen LogP contribution in [0.3, 0.4) is 0 Å². The van der Waals surface area contributed by atoms with Gasteiger partial charge in [0, 0.05) is 17.1 Å². The molecule has 2 rings (SSSR count). The molecule has 1 aromatic carbocycles. The highest BCUT2D eigenvalue weighted by Gasteiger charge is 2.12. The molecule has 1 atom stereocenters. The van der Waals surface area contributed by atoms with Gasteiger partial charge in [0.2, 0.25) is 0 Å². The average molecular weight is 283 g/mol. The molecule has 88 valence electrons. The van der Waals surface area contributed by atoms with Crippen molar-refractivity contribution in [1.82, 2.24) is 10.6 Å². The number of hydrogen-bond acceptors (Lipinski definition) is 2. The van der Waals surface area contributed by atoms with Crippen LogP contribution in [-0.2, 0) is 6.54 Å². The van der Waals surface area contributed by atoms with Crippen LogP contribution in [0.4, 0.5) is 0 Å². The number of rotatable bonds is 5. The van der Waals surface area contributed by atoms with Gasteiger partial charge < -0.3 is 10.6 Å². The van der Waals surface area contributed by atoms with Crippen LogP contribution in [0.2, 0.25) is 0 Å². The summed E-state index contributed by atoms with van der Waals surface area (Å²) in [6.45, 7) is 3.28. The summed E-state index contributed by atoms with van der Waals surface area (Å²) in [7, 11) is 0. The Kier molecular flexibility index (Phi) is 4.82. The Balaban J connectivity index is 1.62. The second kappa shape index (κ2) is 6.38. The fraction of sp³-hybridized carbons (Fsp3) is 0.538. The van der Waals surface area contributed by atoms with Gasteiger partial charge in [-0.25, -0.2) is 0 Å². The first kappa shape index (κ1) is 12.1. The van der Waals surface area contributed by atoms with Gasteiger partial charge in [-0.3, -0.25) is 0 Å². The Morgan fingerprint density at radius 3 is 2.81 bits per heavy atom. The van der Waals surface area contributed by atoms with Crippen molar-refractivity contribution in [1.29, 1.82) is 0 Å². The quantitative estimate of drug-likeness (QED) is 0.812. The lowest BCUT2D eigenvalue weighted by molar-refractivity contribution is 0.523. The number of nitrogens with one attached hydrogen (secondary N) is 2. The summed E-state index contributed by atoms with van der Waals surface area (Å²) in [4.78, 5) is 0. The third-order valence-corrected chi connectivity index (χ3v) is 3.60. The molecule has 1 aliphatic rings. The van der Waals surface area contributed by atoms with Gasteiger partial charge in [0.05, 0.1) is 0 Å². The normalized spacial score (nSPS) is 20.2. The summed E-state index contributed by atoms with van der Waals surface area (Å²) < 4.78 is 1.14. The van der Waals surface area contributed by atoms with Crippen molar-refractivity contribution in [2.24, 2.45) is 0 Å². The molecular formula is C13H19BrN2. The van der Waals surface area contributed by atoms with E-state index in [1.54, 1.807) is 0 Å². The molecule has 1 aromatic rings. The highest BCUT2D eigenvalue weighted by Crippen LogP contribution is 2.10. The van der Waals surface area contributed by atoms with E-state index in [-0.39, 0.29) is 0 Å². The molecule has 3 heteroatoms. The molecule has 0 bridgehead atoms. The highest BCUT2D eigenvalue weighted by atomic mass is 79.9. The van der Waals surface area contributed by atoms with E-state index < -0.39 is 0 Å². The Bertz CT molecular complexity index is 304. The van der Waals surface area contributed by atoms with Crippen molar-refractivity contribution >= 4 is 15.9 Å². The van der Waals surface area contributed by atoms with E-state index >= 15 is 0 Å². The molecule has 1 heterocycles. The van der Waals surface area contributed by atoms with E-state index in [0.29, 0.717) is 0 Å². The molecule has 0 aliphatic carbocycles. The van der Waals surface area contributed by atoms with Gasteiger partial charge in [-0.15, -0.1) is 0 Å². The summed E-state index contributed by atoms with van der Waals surface area (Å²) in [5.41, 5.74) is 1.35. The first-order valence-electron chi connectivity index (χ1n) is 6.03. The standard InChI is InChI=1S/C13H19BrN2/c14-12-5-3-11(4-6-12)10-15-9-7-13-2-1-8-16-13/h3-6,13,15-16H,1-2,7-10H2. The summed E-state index contributed by atoms with van der Waals surface area (Å²) in [6, 6.07) is 9.25.